The summed E-state index contributed by atoms with van der Waals surface area (Å²) in [4.78, 5) is 13.5. The van der Waals surface area contributed by atoms with Gasteiger partial charge >= 0.3 is 0 Å². The van der Waals surface area contributed by atoms with Gasteiger partial charge in [-0.15, -0.1) is 0 Å². The molecule has 1 saturated heterocycles. The van der Waals surface area contributed by atoms with Crippen molar-refractivity contribution in [2.24, 2.45) is 0 Å². The first kappa shape index (κ1) is 12.1. The normalized spacial score (nSPS) is 21.6. The van der Waals surface area contributed by atoms with Crippen molar-refractivity contribution in [3.8, 4) is 0 Å². The highest BCUT2D eigenvalue weighted by Crippen LogP contribution is 2.17. The van der Waals surface area contributed by atoms with Crippen molar-refractivity contribution in [1.29, 1.82) is 0 Å². The maximum Gasteiger partial charge on any atom is 0.224 e. The Kier molecular flexibility index (Phi) is 3.78. The Labute approximate surface area is 103 Å². The number of nitrogens with zero attached hydrogens (tertiary/aromatic N) is 4. The monoisotopic (exact) mass is 235 g/mol. The van der Waals surface area contributed by atoms with Crippen LogP contribution in [0.25, 0.3) is 0 Å². The minimum atomic E-state index is 0.585. The number of hydrogen-bond acceptors (Lipinski definition) is 5. The molecule has 5 nitrogen and oxygen atoms in total. The summed E-state index contributed by atoms with van der Waals surface area (Å²) in [6.45, 7) is 8.80. The van der Waals surface area contributed by atoms with E-state index in [9.17, 15) is 0 Å². The smallest absolute Gasteiger partial charge is 0.224 e. The van der Waals surface area contributed by atoms with Gasteiger partial charge < -0.3 is 10.2 Å². The Morgan fingerprint density at radius 3 is 2.94 bits per heavy atom. The fourth-order valence-corrected chi connectivity index (χ4v) is 2.32. The van der Waals surface area contributed by atoms with E-state index >= 15 is 0 Å². The Bertz CT molecular complexity index is 368. The minimum Gasteiger partial charge on any atom is -0.357 e. The van der Waals surface area contributed by atoms with E-state index < -0.39 is 0 Å². The number of piperazine rings is 1. The summed E-state index contributed by atoms with van der Waals surface area (Å²) in [5, 5.41) is 2.98. The van der Waals surface area contributed by atoms with Crippen molar-refractivity contribution >= 4 is 11.8 Å². The molecule has 1 aliphatic heterocycles. The predicted molar refractivity (Wildman–Crippen MR) is 70.5 cm³/mol. The van der Waals surface area contributed by atoms with E-state index in [2.05, 4.69) is 38.9 Å². The van der Waals surface area contributed by atoms with E-state index in [0.29, 0.717) is 12.0 Å². The lowest BCUT2D eigenvalue weighted by atomic mass is 10.2. The molecule has 0 amide bonds. The molecule has 2 heterocycles. The molecule has 0 radical (unpaired) electrons. The van der Waals surface area contributed by atoms with Gasteiger partial charge in [0.05, 0.1) is 0 Å². The number of anilines is 2. The molecule has 0 aromatic carbocycles. The van der Waals surface area contributed by atoms with Crippen LogP contribution in [0.4, 0.5) is 11.8 Å². The van der Waals surface area contributed by atoms with Crippen LogP contribution >= 0.6 is 0 Å². The van der Waals surface area contributed by atoms with Crippen LogP contribution in [0.1, 0.15) is 13.8 Å². The highest BCUT2D eigenvalue weighted by Gasteiger charge is 2.23. The van der Waals surface area contributed by atoms with Crippen molar-refractivity contribution in [1.82, 2.24) is 14.9 Å². The van der Waals surface area contributed by atoms with Gasteiger partial charge in [0.2, 0.25) is 5.95 Å². The maximum absolute atomic E-state index is 4.49. The van der Waals surface area contributed by atoms with Gasteiger partial charge in [-0.2, -0.15) is 4.98 Å². The highest BCUT2D eigenvalue weighted by molar-refractivity contribution is 5.42. The van der Waals surface area contributed by atoms with Crippen LogP contribution in [-0.2, 0) is 0 Å². The van der Waals surface area contributed by atoms with E-state index in [0.717, 1.165) is 32.0 Å². The third-order valence-corrected chi connectivity index (χ3v) is 3.36. The first-order valence-corrected chi connectivity index (χ1v) is 6.24. The van der Waals surface area contributed by atoms with E-state index in [-0.39, 0.29) is 0 Å². The molecule has 1 fully saturated rings. The second kappa shape index (κ2) is 5.31. The summed E-state index contributed by atoms with van der Waals surface area (Å²) >= 11 is 0. The molecule has 1 aromatic heterocycles. The molecular weight excluding hydrogens is 214 g/mol. The SMILES string of the molecule is CCN1CCN(c2ccnc(NC)n2)CC1C. The maximum atomic E-state index is 4.49. The summed E-state index contributed by atoms with van der Waals surface area (Å²) in [6, 6.07) is 2.57. The van der Waals surface area contributed by atoms with E-state index in [4.69, 9.17) is 0 Å². The number of rotatable bonds is 3. The fourth-order valence-electron chi connectivity index (χ4n) is 2.32. The van der Waals surface area contributed by atoms with Crippen molar-refractivity contribution in [2.45, 2.75) is 19.9 Å². The van der Waals surface area contributed by atoms with Gasteiger partial charge in [0, 0.05) is 38.9 Å². The van der Waals surface area contributed by atoms with Crippen LogP contribution < -0.4 is 10.2 Å². The molecule has 1 aliphatic rings. The summed E-state index contributed by atoms with van der Waals surface area (Å²) in [5.74, 6) is 1.71. The lowest BCUT2D eigenvalue weighted by molar-refractivity contribution is 0.199. The standard InChI is InChI=1S/C12H21N5/c1-4-16-7-8-17(9-10(16)2)11-5-6-14-12(13-3)15-11/h5-6,10H,4,7-9H2,1-3H3,(H,13,14,15). The molecule has 5 heteroatoms. The molecule has 0 aliphatic carbocycles. The molecule has 0 saturated carbocycles. The van der Waals surface area contributed by atoms with Gasteiger partial charge in [-0.1, -0.05) is 6.92 Å². The topological polar surface area (TPSA) is 44.3 Å². The second-order valence-corrected chi connectivity index (χ2v) is 4.41. The fraction of sp³-hybridized carbons (Fsp3) is 0.667. The van der Waals surface area contributed by atoms with E-state index in [1.807, 2.05) is 19.3 Å². The summed E-state index contributed by atoms with van der Waals surface area (Å²) < 4.78 is 0. The van der Waals surface area contributed by atoms with Gasteiger partial charge in [0.15, 0.2) is 0 Å². The minimum absolute atomic E-state index is 0.585. The first-order valence-electron chi connectivity index (χ1n) is 6.24. The molecule has 17 heavy (non-hydrogen) atoms. The Morgan fingerprint density at radius 2 is 2.29 bits per heavy atom. The van der Waals surface area contributed by atoms with Crippen LogP contribution in [0.5, 0.6) is 0 Å². The van der Waals surface area contributed by atoms with Crippen LogP contribution in [0.3, 0.4) is 0 Å². The summed E-state index contributed by atoms with van der Waals surface area (Å²) in [5.41, 5.74) is 0. The van der Waals surface area contributed by atoms with Crippen molar-refractivity contribution < 1.29 is 0 Å². The van der Waals surface area contributed by atoms with Gasteiger partial charge in [0.1, 0.15) is 5.82 Å². The van der Waals surface area contributed by atoms with Crippen LogP contribution in [0.2, 0.25) is 0 Å². The molecular formula is C12H21N5. The molecule has 1 atom stereocenters. The Hall–Kier alpha value is -1.36. The van der Waals surface area contributed by atoms with Gasteiger partial charge in [-0.05, 0) is 19.5 Å². The number of aromatic nitrogens is 2. The average molecular weight is 235 g/mol. The largest absolute Gasteiger partial charge is 0.357 e. The molecule has 1 unspecified atom stereocenters. The van der Waals surface area contributed by atoms with Crippen LogP contribution in [0, 0.1) is 0 Å². The third kappa shape index (κ3) is 2.66. The highest BCUT2D eigenvalue weighted by atomic mass is 15.3. The lowest BCUT2D eigenvalue weighted by Gasteiger charge is -2.39. The zero-order valence-corrected chi connectivity index (χ0v) is 10.8. The molecule has 2 rings (SSSR count). The van der Waals surface area contributed by atoms with E-state index in [1.165, 1.54) is 0 Å². The zero-order valence-electron chi connectivity index (χ0n) is 10.8. The Morgan fingerprint density at radius 1 is 1.47 bits per heavy atom. The molecule has 1 N–H and O–H groups in total. The zero-order chi connectivity index (χ0) is 12.3. The van der Waals surface area contributed by atoms with Crippen LogP contribution in [-0.4, -0.2) is 54.1 Å². The molecule has 94 valence electrons. The van der Waals surface area contributed by atoms with Gasteiger partial charge in [-0.25, -0.2) is 4.98 Å². The molecule has 0 spiro atoms. The van der Waals surface area contributed by atoms with Crippen LogP contribution in [0.15, 0.2) is 12.3 Å². The lowest BCUT2D eigenvalue weighted by Crippen LogP contribution is -2.52. The average Bonchev–Trinajstić information content (AvgIpc) is 2.38. The molecule has 1 aromatic rings. The summed E-state index contributed by atoms with van der Waals surface area (Å²) in [7, 11) is 1.84. The summed E-state index contributed by atoms with van der Waals surface area (Å²) in [6.07, 6.45) is 1.81. The second-order valence-electron chi connectivity index (χ2n) is 4.41. The van der Waals surface area contributed by atoms with Gasteiger partial charge in [-0.3, -0.25) is 4.90 Å². The predicted octanol–water partition coefficient (Wildman–Crippen LogP) is 1.05. The Balaban J connectivity index is 2.08. The number of likely N-dealkylation sites (N-methyl/N-ethyl adjacent to an activating group) is 1. The van der Waals surface area contributed by atoms with E-state index in [1.54, 1.807) is 0 Å². The number of nitrogens with one attached hydrogen (secondary N) is 1. The quantitative estimate of drug-likeness (QED) is 0.848. The van der Waals surface area contributed by atoms with Crippen molar-refractivity contribution in [3.05, 3.63) is 12.3 Å². The molecule has 0 bridgehead atoms. The number of hydrogen-bond donors (Lipinski definition) is 1. The van der Waals surface area contributed by atoms with Gasteiger partial charge in [0.25, 0.3) is 0 Å². The first-order chi connectivity index (χ1) is 8.24. The van der Waals surface area contributed by atoms with Crippen molar-refractivity contribution in [3.63, 3.8) is 0 Å². The van der Waals surface area contributed by atoms with Crippen molar-refractivity contribution in [2.75, 3.05) is 43.4 Å². The third-order valence-electron chi connectivity index (χ3n) is 3.36.